The maximum Gasteiger partial charge on any atom is 0.305 e. The fourth-order valence-corrected chi connectivity index (χ4v) is 4.58. The van der Waals surface area contributed by atoms with Gasteiger partial charge in [-0.3, -0.25) is 4.79 Å². The van der Waals surface area contributed by atoms with E-state index in [1.54, 1.807) is 0 Å². The molecule has 0 saturated heterocycles. The zero-order valence-electron chi connectivity index (χ0n) is 18.9. The van der Waals surface area contributed by atoms with E-state index in [2.05, 4.69) is 29.9 Å². The quantitative estimate of drug-likeness (QED) is 0.272. The molecule has 0 heterocycles. The molecule has 5 heteroatoms. The van der Waals surface area contributed by atoms with E-state index in [4.69, 9.17) is 0 Å². The number of allylic oxidation sites excluding steroid dienone is 2. The number of ether oxygens (including phenoxy) is 1. The van der Waals surface area contributed by atoms with Gasteiger partial charge in [0.1, 0.15) is 0 Å². The Balaban J connectivity index is 2.00. The fourth-order valence-electron chi connectivity index (χ4n) is 4.58. The highest BCUT2D eigenvalue weighted by Gasteiger charge is 2.42. The summed E-state index contributed by atoms with van der Waals surface area (Å²) in [6, 6.07) is 10.3. The summed E-state index contributed by atoms with van der Waals surface area (Å²) >= 11 is 0. The average molecular weight is 428 g/mol. The Hall–Kier alpha value is -2.16. The van der Waals surface area contributed by atoms with Crippen LogP contribution in [0.1, 0.15) is 87.9 Å². The third-order valence-corrected chi connectivity index (χ3v) is 6.40. The van der Waals surface area contributed by atoms with Crippen molar-refractivity contribution in [1.82, 2.24) is 0 Å². The lowest BCUT2D eigenvalue weighted by atomic mass is 9.82. The molecular formula is C26H37NO4. The molecule has 0 aliphatic heterocycles. The SMILES string of the molecule is CCCCCC(O)c1ccc([C@@H]2[C@@H](C/C=C\CCCC(=O)OC)[C@@H](C#N)C[C@H]2O)cc1. The Bertz CT molecular complexity index is 737. The Morgan fingerprint density at radius 3 is 2.65 bits per heavy atom. The number of carbonyl (C=O) groups excluding carboxylic acids is 1. The van der Waals surface area contributed by atoms with Crippen LogP contribution in [0.2, 0.25) is 0 Å². The highest BCUT2D eigenvalue weighted by molar-refractivity contribution is 5.69. The van der Waals surface area contributed by atoms with E-state index in [1.165, 1.54) is 7.11 Å². The second-order valence-corrected chi connectivity index (χ2v) is 8.58. The van der Waals surface area contributed by atoms with E-state index in [1.807, 2.05) is 24.3 Å². The van der Waals surface area contributed by atoms with Gasteiger partial charge in [0, 0.05) is 12.3 Å². The Labute approximate surface area is 186 Å². The van der Waals surface area contributed by atoms with Gasteiger partial charge < -0.3 is 14.9 Å². The Morgan fingerprint density at radius 1 is 1.26 bits per heavy atom. The fraction of sp³-hybridized carbons (Fsp3) is 0.615. The van der Waals surface area contributed by atoms with Gasteiger partial charge in [-0.05, 0) is 49.1 Å². The first-order chi connectivity index (χ1) is 15.0. The first kappa shape index (κ1) is 25.1. The predicted molar refractivity (Wildman–Crippen MR) is 121 cm³/mol. The lowest BCUT2D eigenvalue weighted by Crippen LogP contribution is -2.18. The minimum atomic E-state index is -0.539. The zero-order valence-corrected chi connectivity index (χ0v) is 18.9. The molecule has 1 saturated carbocycles. The van der Waals surface area contributed by atoms with Crippen LogP contribution in [0.15, 0.2) is 36.4 Å². The van der Waals surface area contributed by atoms with Gasteiger partial charge >= 0.3 is 5.97 Å². The first-order valence-electron chi connectivity index (χ1n) is 11.6. The van der Waals surface area contributed by atoms with Crippen molar-refractivity contribution in [3.63, 3.8) is 0 Å². The van der Waals surface area contributed by atoms with Crippen LogP contribution < -0.4 is 0 Å². The summed E-state index contributed by atoms with van der Waals surface area (Å²) in [5.74, 6) is -0.414. The van der Waals surface area contributed by atoms with Gasteiger partial charge in [-0.2, -0.15) is 5.26 Å². The summed E-state index contributed by atoms with van der Waals surface area (Å²) in [6.45, 7) is 2.15. The van der Waals surface area contributed by atoms with Gasteiger partial charge in [-0.15, -0.1) is 0 Å². The van der Waals surface area contributed by atoms with E-state index in [0.717, 1.165) is 56.1 Å². The molecule has 0 spiro atoms. The van der Waals surface area contributed by atoms with Crippen molar-refractivity contribution in [2.75, 3.05) is 7.11 Å². The number of aliphatic hydroxyl groups excluding tert-OH is 2. The molecule has 0 bridgehead atoms. The highest BCUT2D eigenvalue weighted by Crippen LogP contribution is 2.45. The van der Waals surface area contributed by atoms with Crippen molar-refractivity contribution >= 4 is 5.97 Å². The second-order valence-electron chi connectivity index (χ2n) is 8.58. The Kier molecular flexibility index (Phi) is 10.8. The van der Waals surface area contributed by atoms with Crippen molar-refractivity contribution in [2.24, 2.45) is 11.8 Å². The zero-order chi connectivity index (χ0) is 22.6. The third kappa shape index (κ3) is 7.48. The highest BCUT2D eigenvalue weighted by atomic mass is 16.5. The van der Waals surface area contributed by atoms with Crippen molar-refractivity contribution in [1.29, 1.82) is 5.26 Å². The van der Waals surface area contributed by atoms with Crippen molar-refractivity contribution in [3.8, 4) is 6.07 Å². The van der Waals surface area contributed by atoms with E-state index < -0.39 is 12.2 Å². The van der Waals surface area contributed by atoms with Crippen LogP contribution in [-0.4, -0.2) is 29.4 Å². The van der Waals surface area contributed by atoms with Crippen LogP contribution in [0.25, 0.3) is 0 Å². The predicted octanol–water partition coefficient (Wildman–Crippen LogP) is 5.19. The number of esters is 1. The van der Waals surface area contributed by atoms with Gasteiger partial charge in [0.2, 0.25) is 0 Å². The van der Waals surface area contributed by atoms with Gasteiger partial charge in [0.25, 0.3) is 0 Å². The molecule has 1 aliphatic rings. The van der Waals surface area contributed by atoms with Gasteiger partial charge in [-0.25, -0.2) is 0 Å². The lowest BCUT2D eigenvalue weighted by molar-refractivity contribution is -0.140. The van der Waals surface area contributed by atoms with Crippen molar-refractivity contribution in [2.45, 2.75) is 82.8 Å². The van der Waals surface area contributed by atoms with Crippen molar-refractivity contribution in [3.05, 3.63) is 47.5 Å². The number of unbranched alkanes of at least 4 members (excludes halogenated alkanes) is 3. The van der Waals surface area contributed by atoms with Gasteiger partial charge in [-0.1, -0.05) is 62.6 Å². The van der Waals surface area contributed by atoms with Crippen LogP contribution in [0.5, 0.6) is 0 Å². The number of carbonyl (C=O) groups is 1. The number of rotatable bonds is 12. The molecule has 2 rings (SSSR count). The van der Waals surface area contributed by atoms with Crippen LogP contribution in [0.4, 0.5) is 0 Å². The van der Waals surface area contributed by atoms with Crippen molar-refractivity contribution < 1.29 is 19.7 Å². The normalized spacial score (nSPS) is 24.2. The Morgan fingerprint density at radius 2 is 2.00 bits per heavy atom. The topological polar surface area (TPSA) is 90.5 Å². The number of nitrogens with zero attached hydrogens (tertiary/aromatic N) is 1. The van der Waals surface area contributed by atoms with E-state index >= 15 is 0 Å². The minimum absolute atomic E-state index is 0.0529. The van der Waals surface area contributed by atoms with Crippen LogP contribution in [-0.2, 0) is 9.53 Å². The second kappa shape index (κ2) is 13.3. The third-order valence-electron chi connectivity index (χ3n) is 6.40. The maximum absolute atomic E-state index is 11.2. The molecule has 1 aliphatic carbocycles. The number of hydrogen-bond acceptors (Lipinski definition) is 5. The minimum Gasteiger partial charge on any atom is -0.469 e. The molecule has 170 valence electrons. The summed E-state index contributed by atoms with van der Waals surface area (Å²) in [4.78, 5) is 11.2. The standard InChI is InChI=1S/C26H37NO4/c1-3-4-7-11-23(28)19-13-15-20(16-14-19)26-22(21(18-27)17-24(26)29)10-8-5-6-9-12-25(30)31-2/h5,8,13-16,21-24,26,28-29H,3-4,6-7,9-12,17H2,1-2H3/b8-5-/t21-,22+,23?,24-,26-/m1/s1. The number of nitriles is 1. The molecule has 1 aromatic rings. The van der Waals surface area contributed by atoms with E-state index in [9.17, 15) is 20.3 Å². The molecule has 1 aromatic carbocycles. The van der Waals surface area contributed by atoms with Crippen LogP contribution in [0, 0.1) is 23.2 Å². The number of benzene rings is 1. The molecule has 31 heavy (non-hydrogen) atoms. The summed E-state index contributed by atoms with van der Waals surface area (Å²) in [5, 5.41) is 30.7. The monoisotopic (exact) mass is 427 g/mol. The molecule has 1 unspecified atom stereocenters. The summed E-state index contributed by atoms with van der Waals surface area (Å²) in [7, 11) is 1.39. The molecule has 0 aromatic heterocycles. The van der Waals surface area contributed by atoms with Crippen LogP contribution >= 0.6 is 0 Å². The summed E-state index contributed by atoms with van der Waals surface area (Å²) in [5.41, 5.74) is 1.94. The molecule has 5 nitrogen and oxygen atoms in total. The first-order valence-corrected chi connectivity index (χ1v) is 11.6. The molecule has 2 N–H and O–H groups in total. The largest absolute Gasteiger partial charge is 0.469 e. The van der Waals surface area contributed by atoms with Gasteiger partial charge in [0.15, 0.2) is 0 Å². The summed E-state index contributed by atoms with van der Waals surface area (Å²) < 4.78 is 4.65. The van der Waals surface area contributed by atoms with Gasteiger partial charge in [0.05, 0.1) is 31.3 Å². The smallest absolute Gasteiger partial charge is 0.305 e. The number of methoxy groups -OCH3 is 1. The lowest BCUT2D eigenvalue weighted by Gasteiger charge is -2.23. The van der Waals surface area contributed by atoms with E-state index in [0.29, 0.717) is 12.8 Å². The molecule has 5 atom stereocenters. The molecule has 1 fully saturated rings. The molecule has 0 radical (unpaired) electrons. The average Bonchev–Trinajstić information content (AvgIpc) is 3.11. The maximum atomic E-state index is 11.2. The van der Waals surface area contributed by atoms with Crippen LogP contribution in [0.3, 0.4) is 0 Å². The number of hydrogen-bond donors (Lipinski definition) is 2. The molecular weight excluding hydrogens is 390 g/mol. The number of aliphatic hydroxyl groups is 2. The molecule has 0 amide bonds. The summed E-state index contributed by atoms with van der Waals surface area (Å²) in [6.07, 6.45) is 10.3. The van der Waals surface area contributed by atoms with E-state index in [-0.39, 0.29) is 23.7 Å².